The molecule has 0 spiro atoms. The number of carboxylic acid groups (broad SMARTS) is 1. The van der Waals surface area contributed by atoms with Crippen molar-refractivity contribution in [3.8, 4) is 12.3 Å². The smallest absolute Gasteiger partial charge is 0.335 e. The number of carbonyl (C=O) groups excluding carboxylic acids is 1. The van der Waals surface area contributed by atoms with E-state index in [0.29, 0.717) is 12.1 Å². The summed E-state index contributed by atoms with van der Waals surface area (Å²) in [6, 6.07) is 6.11. The third kappa shape index (κ3) is 3.35. The molecule has 0 radical (unpaired) electrons. The van der Waals surface area contributed by atoms with E-state index in [-0.39, 0.29) is 17.9 Å². The van der Waals surface area contributed by atoms with Gasteiger partial charge in [-0.3, -0.25) is 4.79 Å². The molecule has 88 valence electrons. The van der Waals surface area contributed by atoms with Gasteiger partial charge >= 0.3 is 5.97 Å². The van der Waals surface area contributed by atoms with Crippen LogP contribution in [0.25, 0.3) is 0 Å². The molecule has 0 atom stereocenters. The maximum atomic E-state index is 11.6. The molecular formula is C13H13NO3. The molecule has 1 aromatic rings. The molecule has 0 saturated heterocycles. The topological polar surface area (TPSA) is 57.6 Å². The fourth-order valence-electron chi connectivity index (χ4n) is 1.32. The molecule has 1 aromatic carbocycles. The van der Waals surface area contributed by atoms with Crippen molar-refractivity contribution in [1.82, 2.24) is 0 Å². The first-order valence-electron chi connectivity index (χ1n) is 5.09. The molecule has 0 aliphatic carbocycles. The molecule has 4 nitrogen and oxygen atoms in total. The summed E-state index contributed by atoms with van der Waals surface area (Å²) < 4.78 is 0. The Hall–Kier alpha value is -2.28. The zero-order valence-corrected chi connectivity index (χ0v) is 9.51. The van der Waals surface area contributed by atoms with Crippen LogP contribution in [0.15, 0.2) is 24.3 Å². The van der Waals surface area contributed by atoms with Gasteiger partial charge in [0.05, 0.1) is 5.56 Å². The van der Waals surface area contributed by atoms with Crippen LogP contribution < -0.4 is 4.90 Å². The Morgan fingerprint density at radius 2 is 1.94 bits per heavy atom. The lowest BCUT2D eigenvalue weighted by Crippen LogP contribution is -2.25. The molecule has 1 rings (SSSR count). The first kappa shape index (κ1) is 12.8. The van der Waals surface area contributed by atoms with Gasteiger partial charge in [0.1, 0.15) is 0 Å². The maximum Gasteiger partial charge on any atom is 0.335 e. The fraction of sp³-hybridized carbons (Fsp3) is 0.231. The van der Waals surface area contributed by atoms with Crippen molar-refractivity contribution in [2.75, 3.05) is 11.9 Å². The standard InChI is InChI=1S/C13H13NO3/c1-3-4-5-12(15)14(2)11-8-6-10(7-9-11)13(16)17/h1,6-9H,4-5H2,2H3,(H,16,17). The largest absolute Gasteiger partial charge is 0.478 e. The highest BCUT2D eigenvalue weighted by molar-refractivity contribution is 5.94. The summed E-state index contributed by atoms with van der Waals surface area (Å²) in [6.07, 6.45) is 5.77. The van der Waals surface area contributed by atoms with Gasteiger partial charge in [-0.05, 0) is 24.3 Å². The highest BCUT2D eigenvalue weighted by Crippen LogP contribution is 2.15. The predicted molar refractivity (Wildman–Crippen MR) is 64.9 cm³/mol. The second kappa shape index (κ2) is 5.71. The number of aromatic carboxylic acids is 1. The minimum Gasteiger partial charge on any atom is -0.478 e. The van der Waals surface area contributed by atoms with Crippen molar-refractivity contribution in [3.63, 3.8) is 0 Å². The molecule has 0 aliphatic rings. The molecule has 0 heterocycles. The number of benzene rings is 1. The number of hydrogen-bond donors (Lipinski definition) is 1. The number of rotatable bonds is 4. The van der Waals surface area contributed by atoms with Crippen LogP contribution >= 0.6 is 0 Å². The summed E-state index contributed by atoms with van der Waals surface area (Å²) >= 11 is 0. The Morgan fingerprint density at radius 3 is 2.41 bits per heavy atom. The van der Waals surface area contributed by atoms with Crippen LogP contribution in [0.5, 0.6) is 0 Å². The van der Waals surface area contributed by atoms with Crippen LogP contribution in [0.4, 0.5) is 5.69 Å². The van der Waals surface area contributed by atoms with Crippen molar-refractivity contribution in [2.45, 2.75) is 12.8 Å². The molecule has 17 heavy (non-hydrogen) atoms. The molecule has 0 saturated carbocycles. The lowest BCUT2D eigenvalue weighted by atomic mass is 10.2. The van der Waals surface area contributed by atoms with E-state index < -0.39 is 5.97 Å². The van der Waals surface area contributed by atoms with E-state index in [0.717, 1.165) is 0 Å². The zero-order chi connectivity index (χ0) is 12.8. The highest BCUT2D eigenvalue weighted by Gasteiger charge is 2.10. The summed E-state index contributed by atoms with van der Waals surface area (Å²) in [7, 11) is 1.63. The van der Waals surface area contributed by atoms with Crippen molar-refractivity contribution in [2.24, 2.45) is 0 Å². The third-order valence-corrected chi connectivity index (χ3v) is 2.36. The average Bonchev–Trinajstić information content (AvgIpc) is 2.35. The summed E-state index contributed by atoms with van der Waals surface area (Å²) in [6.45, 7) is 0. The van der Waals surface area contributed by atoms with E-state index in [1.54, 1.807) is 19.2 Å². The van der Waals surface area contributed by atoms with Gasteiger partial charge in [0, 0.05) is 25.6 Å². The molecular weight excluding hydrogens is 218 g/mol. The Kier molecular flexibility index (Phi) is 4.29. The minimum absolute atomic E-state index is 0.0916. The Morgan fingerprint density at radius 1 is 1.35 bits per heavy atom. The van der Waals surface area contributed by atoms with Crippen LogP contribution in [0, 0.1) is 12.3 Å². The van der Waals surface area contributed by atoms with Crippen molar-refractivity contribution < 1.29 is 14.7 Å². The van der Waals surface area contributed by atoms with Gasteiger partial charge in [0.2, 0.25) is 5.91 Å². The monoisotopic (exact) mass is 231 g/mol. The molecule has 0 bridgehead atoms. The molecule has 0 aromatic heterocycles. The van der Waals surface area contributed by atoms with Gasteiger partial charge < -0.3 is 10.0 Å². The quantitative estimate of drug-likeness (QED) is 0.803. The average molecular weight is 231 g/mol. The van der Waals surface area contributed by atoms with Crippen molar-refractivity contribution in [3.05, 3.63) is 29.8 Å². The minimum atomic E-state index is -0.988. The van der Waals surface area contributed by atoms with E-state index in [2.05, 4.69) is 5.92 Å². The lowest BCUT2D eigenvalue weighted by Gasteiger charge is -2.16. The van der Waals surface area contributed by atoms with Crippen LogP contribution in [0.3, 0.4) is 0 Å². The van der Waals surface area contributed by atoms with Crippen molar-refractivity contribution in [1.29, 1.82) is 0 Å². The molecule has 1 N–H and O–H groups in total. The number of anilines is 1. The normalized spacial score (nSPS) is 9.41. The van der Waals surface area contributed by atoms with Gasteiger partial charge in [0.25, 0.3) is 0 Å². The van der Waals surface area contributed by atoms with Gasteiger partial charge in [-0.1, -0.05) is 0 Å². The molecule has 1 amide bonds. The van der Waals surface area contributed by atoms with Crippen LogP contribution in [0.1, 0.15) is 23.2 Å². The van der Waals surface area contributed by atoms with E-state index in [1.807, 2.05) is 0 Å². The van der Waals surface area contributed by atoms with Crippen LogP contribution in [-0.2, 0) is 4.79 Å². The van der Waals surface area contributed by atoms with Gasteiger partial charge in [-0.2, -0.15) is 0 Å². The fourth-order valence-corrected chi connectivity index (χ4v) is 1.32. The number of terminal acetylenes is 1. The summed E-state index contributed by atoms with van der Waals surface area (Å²) in [5.74, 6) is 1.32. The number of amides is 1. The Balaban J connectivity index is 2.76. The molecule has 0 fully saturated rings. The summed E-state index contributed by atoms with van der Waals surface area (Å²) in [5, 5.41) is 8.74. The van der Waals surface area contributed by atoms with Crippen LogP contribution in [0.2, 0.25) is 0 Å². The van der Waals surface area contributed by atoms with E-state index in [1.165, 1.54) is 17.0 Å². The van der Waals surface area contributed by atoms with Crippen molar-refractivity contribution >= 4 is 17.6 Å². The Labute approximate surface area is 99.9 Å². The summed E-state index contributed by atoms with van der Waals surface area (Å²) in [5.41, 5.74) is 0.843. The maximum absolute atomic E-state index is 11.6. The first-order chi connectivity index (χ1) is 8.06. The van der Waals surface area contributed by atoms with E-state index in [4.69, 9.17) is 11.5 Å². The van der Waals surface area contributed by atoms with E-state index in [9.17, 15) is 9.59 Å². The number of carboxylic acids is 1. The van der Waals surface area contributed by atoms with E-state index >= 15 is 0 Å². The molecule has 0 aliphatic heterocycles. The first-order valence-corrected chi connectivity index (χ1v) is 5.09. The highest BCUT2D eigenvalue weighted by atomic mass is 16.4. The van der Waals surface area contributed by atoms with Gasteiger partial charge in [0.15, 0.2) is 0 Å². The zero-order valence-electron chi connectivity index (χ0n) is 9.51. The molecule has 0 unspecified atom stereocenters. The SMILES string of the molecule is C#CCCC(=O)N(C)c1ccc(C(=O)O)cc1. The summed E-state index contributed by atoms with van der Waals surface area (Å²) in [4.78, 5) is 23.8. The predicted octanol–water partition coefficient (Wildman–Crippen LogP) is 1.76. The number of hydrogen-bond acceptors (Lipinski definition) is 2. The number of nitrogens with zero attached hydrogens (tertiary/aromatic N) is 1. The van der Waals surface area contributed by atoms with Gasteiger partial charge in [-0.25, -0.2) is 4.79 Å². The third-order valence-electron chi connectivity index (χ3n) is 2.36. The second-order valence-corrected chi connectivity index (χ2v) is 3.51. The number of carbonyl (C=O) groups is 2. The lowest BCUT2D eigenvalue weighted by molar-refractivity contribution is -0.118. The van der Waals surface area contributed by atoms with Crippen LogP contribution in [-0.4, -0.2) is 24.0 Å². The Bertz CT molecular complexity index is 457. The second-order valence-electron chi connectivity index (χ2n) is 3.51. The molecule has 4 heteroatoms. The van der Waals surface area contributed by atoms with Gasteiger partial charge in [-0.15, -0.1) is 12.3 Å².